The third-order valence-electron chi connectivity index (χ3n) is 3.33. The highest BCUT2D eigenvalue weighted by molar-refractivity contribution is 6.29. The van der Waals surface area contributed by atoms with Crippen molar-refractivity contribution in [3.63, 3.8) is 0 Å². The molecule has 2 aromatic rings. The molecular weight excluding hydrogens is 280 g/mol. The zero-order chi connectivity index (χ0) is 15.5. The SMILES string of the molecule is CC1=NN(C(=O)Cc2ccccc2)C(=O)/C1=C\c1ccco1. The third kappa shape index (κ3) is 2.74. The van der Waals surface area contributed by atoms with E-state index in [1.165, 1.54) is 6.26 Å². The molecule has 1 aliphatic rings. The lowest BCUT2D eigenvalue weighted by Gasteiger charge is -2.09. The second kappa shape index (κ2) is 5.81. The van der Waals surface area contributed by atoms with Gasteiger partial charge in [-0.1, -0.05) is 30.3 Å². The number of furan rings is 1. The van der Waals surface area contributed by atoms with Crippen molar-refractivity contribution in [2.24, 2.45) is 5.10 Å². The largest absolute Gasteiger partial charge is 0.465 e. The molecule has 2 amide bonds. The minimum atomic E-state index is -0.421. The molecule has 0 saturated carbocycles. The van der Waals surface area contributed by atoms with Gasteiger partial charge in [0.1, 0.15) is 5.76 Å². The summed E-state index contributed by atoms with van der Waals surface area (Å²) < 4.78 is 5.20. The lowest BCUT2D eigenvalue weighted by Crippen LogP contribution is -2.30. The van der Waals surface area contributed by atoms with Gasteiger partial charge in [-0.2, -0.15) is 10.1 Å². The van der Waals surface area contributed by atoms with Gasteiger partial charge < -0.3 is 4.42 Å². The van der Waals surface area contributed by atoms with Crippen LogP contribution in [0.5, 0.6) is 0 Å². The third-order valence-corrected chi connectivity index (χ3v) is 3.33. The van der Waals surface area contributed by atoms with Crippen molar-refractivity contribution in [3.8, 4) is 0 Å². The number of imide groups is 1. The second-order valence-corrected chi connectivity index (χ2v) is 4.93. The fourth-order valence-corrected chi connectivity index (χ4v) is 2.21. The van der Waals surface area contributed by atoms with E-state index in [9.17, 15) is 9.59 Å². The van der Waals surface area contributed by atoms with Gasteiger partial charge in [-0.3, -0.25) is 9.59 Å². The number of hydrogen-bond acceptors (Lipinski definition) is 4. The quantitative estimate of drug-likeness (QED) is 0.817. The molecule has 0 radical (unpaired) electrons. The van der Waals surface area contributed by atoms with Gasteiger partial charge in [-0.25, -0.2) is 0 Å². The fourth-order valence-electron chi connectivity index (χ4n) is 2.21. The average Bonchev–Trinajstić information content (AvgIpc) is 3.12. The molecule has 0 saturated heterocycles. The fraction of sp³-hybridized carbons (Fsp3) is 0.118. The van der Waals surface area contributed by atoms with Gasteiger partial charge in [0.15, 0.2) is 0 Å². The zero-order valence-corrected chi connectivity index (χ0v) is 12.0. The molecule has 1 aromatic carbocycles. The molecule has 1 aliphatic heterocycles. The van der Waals surface area contributed by atoms with Crippen LogP contribution in [0, 0.1) is 0 Å². The van der Waals surface area contributed by atoms with E-state index in [1.807, 2.05) is 30.3 Å². The molecule has 5 nitrogen and oxygen atoms in total. The highest BCUT2D eigenvalue weighted by Crippen LogP contribution is 2.19. The summed E-state index contributed by atoms with van der Waals surface area (Å²) >= 11 is 0. The lowest BCUT2D eigenvalue weighted by molar-refractivity contribution is -0.141. The molecule has 0 atom stereocenters. The molecule has 0 spiro atoms. The van der Waals surface area contributed by atoms with E-state index in [2.05, 4.69) is 5.10 Å². The Kier molecular flexibility index (Phi) is 3.70. The maximum atomic E-state index is 12.4. The highest BCUT2D eigenvalue weighted by atomic mass is 16.3. The maximum Gasteiger partial charge on any atom is 0.283 e. The van der Waals surface area contributed by atoms with Crippen LogP contribution in [0.2, 0.25) is 0 Å². The van der Waals surface area contributed by atoms with Crippen LogP contribution in [-0.4, -0.2) is 22.5 Å². The molecule has 0 aliphatic carbocycles. The standard InChI is InChI=1S/C17H14N2O3/c1-12-15(11-14-8-5-9-22-14)17(21)19(18-12)16(20)10-13-6-3-2-4-7-13/h2-9,11H,10H2,1H3/b15-11-. The maximum absolute atomic E-state index is 12.4. The molecule has 22 heavy (non-hydrogen) atoms. The summed E-state index contributed by atoms with van der Waals surface area (Å²) in [5, 5.41) is 5.00. The molecule has 3 rings (SSSR count). The van der Waals surface area contributed by atoms with Crippen LogP contribution in [-0.2, 0) is 16.0 Å². The van der Waals surface area contributed by atoms with E-state index in [4.69, 9.17) is 4.42 Å². The highest BCUT2D eigenvalue weighted by Gasteiger charge is 2.32. The number of benzene rings is 1. The van der Waals surface area contributed by atoms with Gasteiger partial charge in [0.05, 0.1) is 24.0 Å². The number of carbonyl (C=O) groups is 2. The van der Waals surface area contributed by atoms with Gasteiger partial charge in [-0.05, 0) is 30.7 Å². The summed E-state index contributed by atoms with van der Waals surface area (Å²) in [6.07, 6.45) is 3.25. The van der Waals surface area contributed by atoms with Crippen LogP contribution in [0.1, 0.15) is 18.2 Å². The predicted molar refractivity (Wildman–Crippen MR) is 81.8 cm³/mol. The van der Waals surface area contributed by atoms with Crippen LogP contribution in [0.15, 0.2) is 63.8 Å². The Morgan fingerprint density at radius 1 is 1.23 bits per heavy atom. The van der Waals surface area contributed by atoms with Crippen LogP contribution in [0.3, 0.4) is 0 Å². The summed E-state index contributed by atoms with van der Waals surface area (Å²) in [6, 6.07) is 12.7. The second-order valence-electron chi connectivity index (χ2n) is 4.93. The van der Waals surface area contributed by atoms with E-state index in [0.717, 1.165) is 10.6 Å². The number of amides is 2. The van der Waals surface area contributed by atoms with E-state index in [-0.39, 0.29) is 12.3 Å². The Hall–Kier alpha value is -2.95. The van der Waals surface area contributed by atoms with E-state index >= 15 is 0 Å². The Morgan fingerprint density at radius 2 is 2.00 bits per heavy atom. The van der Waals surface area contributed by atoms with Crippen molar-refractivity contribution < 1.29 is 14.0 Å². The van der Waals surface area contributed by atoms with Crippen molar-refractivity contribution in [1.29, 1.82) is 0 Å². The Bertz CT molecular complexity index is 758. The lowest BCUT2D eigenvalue weighted by atomic mass is 10.1. The Labute approximate surface area is 127 Å². The molecule has 5 heteroatoms. The van der Waals surface area contributed by atoms with Gasteiger partial charge >= 0.3 is 0 Å². The molecule has 0 unspecified atom stereocenters. The summed E-state index contributed by atoms with van der Waals surface area (Å²) in [6.45, 7) is 1.70. The van der Waals surface area contributed by atoms with E-state index < -0.39 is 5.91 Å². The summed E-state index contributed by atoms with van der Waals surface area (Å²) in [4.78, 5) is 24.6. The minimum Gasteiger partial charge on any atom is -0.465 e. The number of nitrogens with zero attached hydrogens (tertiary/aromatic N) is 2. The van der Waals surface area contributed by atoms with Crippen LogP contribution >= 0.6 is 0 Å². The average molecular weight is 294 g/mol. The molecule has 0 N–H and O–H groups in total. The van der Waals surface area contributed by atoms with Crippen LogP contribution in [0.25, 0.3) is 6.08 Å². The molecule has 110 valence electrons. The van der Waals surface area contributed by atoms with Crippen molar-refractivity contribution in [2.45, 2.75) is 13.3 Å². The number of rotatable bonds is 3. The first kappa shape index (κ1) is 14.0. The monoisotopic (exact) mass is 294 g/mol. The normalized spacial score (nSPS) is 16.2. The number of hydrazone groups is 1. The van der Waals surface area contributed by atoms with E-state index in [0.29, 0.717) is 17.0 Å². The van der Waals surface area contributed by atoms with E-state index in [1.54, 1.807) is 25.1 Å². The zero-order valence-electron chi connectivity index (χ0n) is 12.0. The Balaban J connectivity index is 1.79. The molecule has 2 heterocycles. The topological polar surface area (TPSA) is 62.9 Å². The van der Waals surface area contributed by atoms with Gasteiger partial charge in [-0.15, -0.1) is 0 Å². The molecule has 0 fully saturated rings. The Morgan fingerprint density at radius 3 is 2.68 bits per heavy atom. The smallest absolute Gasteiger partial charge is 0.283 e. The van der Waals surface area contributed by atoms with Crippen molar-refractivity contribution in [1.82, 2.24) is 5.01 Å². The molecular formula is C17H14N2O3. The van der Waals surface area contributed by atoms with Crippen LogP contribution in [0.4, 0.5) is 0 Å². The molecule has 1 aromatic heterocycles. The van der Waals surface area contributed by atoms with Crippen LogP contribution < -0.4 is 0 Å². The summed E-state index contributed by atoms with van der Waals surface area (Å²) in [5.74, 6) is -0.219. The van der Waals surface area contributed by atoms with Crippen molar-refractivity contribution >= 4 is 23.6 Å². The first-order valence-corrected chi connectivity index (χ1v) is 6.87. The van der Waals surface area contributed by atoms with Gasteiger partial charge in [0.2, 0.25) is 0 Å². The minimum absolute atomic E-state index is 0.136. The number of carbonyl (C=O) groups excluding carboxylic acids is 2. The van der Waals surface area contributed by atoms with Gasteiger partial charge in [0.25, 0.3) is 11.8 Å². The number of hydrogen-bond donors (Lipinski definition) is 0. The first-order chi connectivity index (χ1) is 10.6. The first-order valence-electron chi connectivity index (χ1n) is 6.87. The summed E-state index contributed by atoms with van der Waals surface area (Å²) in [7, 11) is 0. The van der Waals surface area contributed by atoms with Crippen molar-refractivity contribution in [2.75, 3.05) is 0 Å². The summed E-state index contributed by atoms with van der Waals surface area (Å²) in [5.41, 5.74) is 1.72. The van der Waals surface area contributed by atoms with Gasteiger partial charge in [0, 0.05) is 0 Å². The predicted octanol–water partition coefficient (Wildman–Crippen LogP) is 2.65. The molecule has 0 bridgehead atoms. The van der Waals surface area contributed by atoms with Crippen molar-refractivity contribution in [3.05, 3.63) is 65.6 Å².